The molecule has 2 nitrogen and oxygen atoms in total. The van der Waals surface area contributed by atoms with Crippen LogP contribution in [0.3, 0.4) is 0 Å². The Morgan fingerprint density at radius 2 is 2.05 bits per heavy atom. The lowest BCUT2D eigenvalue weighted by Gasteiger charge is -2.14. The Labute approximate surface area is 125 Å². The minimum Gasteiger partial charge on any atom is -0.431 e. The van der Waals surface area contributed by atoms with Crippen LogP contribution >= 0.6 is 27.5 Å². The fraction of sp³-hybridized carbons (Fsp3) is 0.538. The summed E-state index contributed by atoms with van der Waals surface area (Å²) in [5, 5.41) is 3.55. The van der Waals surface area contributed by atoms with Crippen LogP contribution in [0, 0.1) is 0 Å². The molecule has 0 unspecified atom stereocenters. The first-order chi connectivity index (χ1) is 9.04. The van der Waals surface area contributed by atoms with Crippen LogP contribution in [0.1, 0.15) is 32.6 Å². The van der Waals surface area contributed by atoms with Crippen LogP contribution in [0.5, 0.6) is 5.75 Å². The van der Waals surface area contributed by atoms with Crippen molar-refractivity contribution in [1.82, 2.24) is 0 Å². The highest BCUT2D eigenvalue weighted by molar-refractivity contribution is 9.10. The molecule has 0 aromatic heterocycles. The Bertz CT molecular complexity index is 404. The molecule has 108 valence electrons. The molecule has 0 bridgehead atoms. The lowest BCUT2D eigenvalue weighted by atomic mass is 10.2. The summed E-state index contributed by atoms with van der Waals surface area (Å²) in [4.78, 5) is 0. The van der Waals surface area contributed by atoms with Gasteiger partial charge in [0.2, 0.25) is 0 Å². The first kappa shape index (κ1) is 16.5. The summed E-state index contributed by atoms with van der Waals surface area (Å²) in [5.74, 6) is 0.0925. The van der Waals surface area contributed by atoms with Crippen molar-refractivity contribution >= 4 is 33.2 Å². The number of benzene rings is 1. The molecule has 0 atom stereocenters. The first-order valence-electron chi connectivity index (χ1n) is 6.22. The van der Waals surface area contributed by atoms with E-state index in [1.807, 2.05) is 0 Å². The van der Waals surface area contributed by atoms with E-state index in [9.17, 15) is 8.78 Å². The average Bonchev–Trinajstić information content (AvgIpc) is 2.32. The standard InChI is InChI=1S/C13H17BrClF2NO/c1-2-3-4-5-6-18-11-8-9(15)7-10(14)12(11)19-13(16)17/h7-8,13,18H,2-6H2,1H3. The van der Waals surface area contributed by atoms with Crippen molar-refractivity contribution in [3.8, 4) is 5.75 Å². The first-order valence-corrected chi connectivity index (χ1v) is 7.39. The average molecular weight is 357 g/mol. The summed E-state index contributed by atoms with van der Waals surface area (Å²) in [5.41, 5.74) is 0.483. The summed E-state index contributed by atoms with van der Waals surface area (Å²) in [7, 11) is 0. The van der Waals surface area contributed by atoms with Gasteiger partial charge in [0, 0.05) is 11.6 Å². The molecule has 0 aliphatic carbocycles. The Hall–Kier alpha value is -0.550. The molecule has 1 aromatic carbocycles. The van der Waals surface area contributed by atoms with E-state index in [0.29, 0.717) is 21.7 Å². The number of halogens is 4. The molecule has 0 aliphatic rings. The monoisotopic (exact) mass is 355 g/mol. The number of ether oxygens (including phenoxy) is 1. The van der Waals surface area contributed by atoms with Crippen LogP contribution in [-0.2, 0) is 0 Å². The Balaban J connectivity index is 2.68. The van der Waals surface area contributed by atoms with Gasteiger partial charge in [-0.3, -0.25) is 0 Å². The second kappa shape index (κ2) is 8.59. The number of alkyl halides is 2. The topological polar surface area (TPSA) is 21.3 Å². The zero-order valence-corrected chi connectivity index (χ0v) is 13.0. The van der Waals surface area contributed by atoms with Crippen molar-refractivity contribution in [1.29, 1.82) is 0 Å². The maximum Gasteiger partial charge on any atom is 0.387 e. The minimum atomic E-state index is -2.86. The minimum absolute atomic E-state index is 0.0925. The molecule has 1 rings (SSSR count). The highest BCUT2D eigenvalue weighted by Crippen LogP contribution is 2.37. The molecule has 0 aliphatic heterocycles. The normalized spacial score (nSPS) is 10.8. The predicted octanol–water partition coefficient (Wildman–Crippen LogP) is 5.70. The summed E-state index contributed by atoms with van der Waals surface area (Å²) in [6.45, 7) is -0.0271. The second-order valence-corrected chi connectivity index (χ2v) is 5.42. The third kappa shape index (κ3) is 5.95. The van der Waals surface area contributed by atoms with E-state index in [1.165, 1.54) is 12.5 Å². The molecule has 0 radical (unpaired) electrons. The van der Waals surface area contributed by atoms with E-state index >= 15 is 0 Å². The largest absolute Gasteiger partial charge is 0.431 e. The molecule has 19 heavy (non-hydrogen) atoms. The van der Waals surface area contributed by atoms with Gasteiger partial charge in [-0.15, -0.1) is 0 Å². The summed E-state index contributed by atoms with van der Waals surface area (Å²) < 4.78 is 29.7. The summed E-state index contributed by atoms with van der Waals surface area (Å²) in [6, 6.07) is 3.12. The van der Waals surface area contributed by atoms with Gasteiger partial charge in [-0.25, -0.2) is 0 Å². The molecule has 1 N–H and O–H groups in total. The van der Waals surface area contributed by atoms with Gasteiger partial charge in [-0.05, 0) is 34.5 Å². The zero-order valence-electron chi connectivity index (χ0n) is 10.7. The van der Waals surface area contributed by atoms with Crippen LogP contribution < -0.4 is 10.1 Å². The molecule has 0 amide bonds. The number of rotatable bonds is 8. The number of nitrogens with one attached hydrogen (secondary N) is 1. The molecular weight excluding hydrogens is 340 g/mol. The molecule has 0 saturated heterocycles. The molecule has 0 heterocycles. The fourth-order valence-electron chi connectivity index (χ4n) is 1.68. The third-order valence-corrected chi connectivity index (χ3v) is 3.37. The summed E-state index contributed by atoms with van der Waals surface area (Å²) in [6.07, 6.45) is 4.41. The van der Waals surface area contributed by atoms with Gasteiger partial charge in [-0.2, -0.15) is 8.78 Å². The van der Waals surface area contributed by atoms with Crippen molar-refractivity contribution in [2.24, 2.45) is 0 Å². The highest BCUT2D eigenvalue weighted by atomic mass is 79.9. The lowest BCUT2D eigenvalue weighted by molar-refractivity contribution is -0.0498. The number of anilines is 1. The fourth-order valence-corrected chi connectivity index (χ4v) is 2.58. The summed E-state index contributed by atoms with van der Waals surface area (Å²) >= 11 is 9.09. The maximum atomic E-state index is 12.4. The van der Waals surface area contributed by atoms with Gasteiger partial charge in [0.05, 0.1) is 10.2 Å². The van der Waals surface area contributed by atoms with Crippen LogP contribution in [-0.4, -0.2) is 13.2 Å². The molecule has 0 spiro atoms. The zero-order chi connectivity index (χ0) is 14.3. The van der Waals surface area contributed by atoms with Gasteiger partial charge in [-0.1, -0.05) is 37.8 Å². The molecular formula is C13H17BrClF2NO. The van der Waals surface area contributed by atoms with Crippen LogP contribution in [0.2, 0.25) is 5.02 Å². The van der Waals surface area contributed by atoms with Gasteiger partial charge in [0.25, 0.3) is 0 Å². The highest BCUT2D eigenvalue weighted by Gasteiger charge is 2.14. The number of unbranched alkanes of at least 4 members (excludes halogenated alkanes) is 3. The Kier molecular flexibility index (Phi) is 7.46. The van der Waals surface area contributed by atoms with Gasteiger partial charge in [0.1, 0.15) is 0 Å². The Morgan fingerprint density at radius 3 is 2.68 bits per heavy atom. The van der Waals surface area contributed by atoms with Gasteiger partial charge in [0.15, 0.2) is 5.75 Å². The predicted molar refractivity (Wildman–Crippen MR) is 78.4 cm³/mol. The van der Waals surface area contributed by atoms with Crippen molar-refractivity contribution in [3.63, 3.8) is 0 Å². The quantitative estimate of drug-likeness (QED) is 0.604. The van der Waals surface area contributed by atoms with E-state index in [0.717, 1.165) is 19.3 Å². The Morgan fingerprint density at radius 1 is 1.32 bits per heavy atom. The lowest BCUT2D eigenvalue weighted by Crippen LogP contribution is -2.08. The number of hydrogen-bond donors (Lipinski definition) is 1. The van der Waals surface area contributed by atoms with Crippen molar-refractivity contribution in [3.05, 3.63) is 21.6 Å². The van der Waals surface area contributed by atoms with Crippen molar-refractivity contribution < 1.29 is 13.5 Å². The van der Waals surface area contributed by atoms with Crippen molar-refractivity contribution in [2.75, 3.05) is 11.9 Å². The van der Waals surface area contributed by atoms with Crippen LogP contribution in [0.4, 0.5) is 14.5 Å². The van der Waals surface area contributed by atoms with E-state index in [2.05, 4.69) is 32.9 Å². The molecule has 0 fully saturated rings. The molecule has 1 aromatic rings. The van der Waals surface area contributed by atoms with E-state index in [1.54, 1.807) is 6.07 Å². The van der Waals surface area contributed by atoms with Crippen LogP contribution in [0.25, 0.3) is 0 Å². The van der Waals surface area contributed by atoms with E-state index in [-0.39, 0.29) is 5.75 Å². The second-order valence-electron chi connectivity index (χ2n) is 4.13. The molecule has 6 heteroatoms. The molecule has 0 saturated carbocycles. The smallest absolute Gasteiger partial charge is 0.387 e. The van der Waals surface area contributed by atoms with E-state index in [4.69, 9.17) is 11.6 Å². The van der Waals surface area contributed by atoms with Gasteiger partial charge >= 0.3 is 6.61 Å². The van der Waals surface area contributed by atoms with Gasteiger partial charge < -0.3 is 10.1 Å². The van der Waals surface area contributed by atoms with E-state index < -0.39 is 6.61 Å². The SMILES string of the molecule is CCCCCCNc1cc(Cl)cc(Br)c1OC(F)F. The third-order valence-electron chi connectivity index (χ3n) is 2.56. The van der Waals surface area contributed by atoms with Crippen LogP contribution in [0.15, 0.2) is 16.6 Å². The van der Waals surface area contributed by atoms with Crippen molar-refractivity contribution in [2.45, 2.75) is 39.2 Å². The number of hydrogen-bond acceptors (Lipinski definition) is 2. The maximum absolute atomic E-state index is 12.4.